The van der Waals surface area contributed by atoms with Crippen LogP contribution in [0.5, 0.6) is 0 Å². The van der Waals surface area contributed by atoms with E-state index in [9.17, 15) is 29.6 Å². The first kappa shape index (κ1) is 19.4. The largest absolute Gasteiger partial charge is 0.478 e. The molecule has 0 aromatic heterocycles. The van der Waals surface area contributed by atoms with Gasteiger partial charge in [-0.15, -0.1) is 0 Å². The zero-order chi connectivity index (χ0) is 20.1. The quantitative estimate of drug-likeness (QED) is 0.464. The van der Waals surface area contributed by atoms with Gasteiger partial charge in [0.25, 0.3) is 5.69 Å². The maximum absolute atomic E-state index is 12.3. The number of esters is 2. The van der Waals surface area contributed by atoms with Gasteiger partial charge in [0.15, 0.2) is 0 Å². The van der Waals surface area contributed by atoms with Gasteiger partial charge < -0.3 is 19.5 Å². The third-order valence-corrected chi connectivity index (χ3v) is 3.53. The van der Waals surface area contributed by atoms with E-state index in [1.165, 1.54) is 24.4 Å². The van der Waals surface area contributed by atoms with E-state index in [1.54, 1.807) is 0 Å². The van der Waals surface area contributed by atoms with Crippen molar-refractivity contribution in [3.05, 3.63) is 69.6 Å². The van der Waals surface area contributed by atoms with Crippen LogP contribution in [-0.4, -0.2) is 42.2 Å². The van der Waals surface area contributed by atoms with Crippen LogP contribution in [0.4, 0.5) is 11.4 Å². The molecule has 0 fully saturated rings. The Morgan fingerprint density at radius 1 is 1.07 bits per heavy atom. The van der Waals surface area contributed by atoms with Gasteiger partial charge in [0, 0.05) is 18.3 Å². The Morgan fingerprint density at radius 2 is 1.74 bits per heavy atom. The maximum Gasteiger partial charge on any atom is 0.355 e. The molecule has 0 unspecified atom stereocenters. The maximum atomic E-state index is 12.3. The number of hydrogen-bond acceptors (Lipinski definition) is 8. The average molecular weight is 374 g/mol. The SMILES string of the molecule is COC(=O)C1=C(C(=O)OC)N(c2cc(C(=O)O)cc([N+](=O)[O-])c2)C=CC=C1. The van der Waals surface area contributed by atoms with Gasteiger partial charge in [-0.25, -0.2) is 14.4 Å². The number of aromatic carboxylic acids is 1. The summed E-state index contributed by atoms with van der Waals surface area (Å²) in [6, 6.07) is 3.08. The molecule has 0 saturated carbocycles. The number of nitro benzene ring substituents is 1. The Morgan fingerprint density at radius 3 is 2.30 bits per heavy atom. The Bertz CT molecular complexity index is 881. The minimum absolute atomic E-state index is 0.0247. The van der Waals surface area contributed by atoms with E-state index in [1.807, 2.05) is 0 Å². The molecule has 0 saturated heterocycles. The van der Waals surface area contributed by atoms with Gasteiger partial charge in [-0.2, -0.15) is 0 Å². The first-order chi connectivity index (χ1) is 12.8. The Balaban J connectivity index is 2.77. The number of rotatable bonds is 5. The first-order valence-electron chi connectivity index (χ1n) is 7.38. The molecule has 27 heavy (non-hydrogen) atoms. The lowest BCUT2D eigenvalue weighted by Gasteiger charge is -2.23. The van der Waals surface area contributed by atoms with E-state index in [2.05, 4.69) is 4.74 Å². The minimum atomic E-state index is -1.39. The number of hydrogen-bond donors (Lipinski definition) is 1. The smallest absolute Gasteiger partial charge is 0.355 e. The Hall–Kier alpha value is -3.95. The monoisotopic (exact) mass is 374 g/mol. The number of carboxylic acid groups (broad SMARTS) is 1. The van der Waals surface area contributed by atoms with Gasteiger partial charge in [-0.3, -0.25) is 10.1 Å². The third-order valence-electron chi connectivity index (χ3n) is 3.53. The second-order valence-electron chi connectivity index (χ2n) is 5.12. The molecule has 1 aliphatic heterocycles. The standard InChI is InChI=1S/C17H14N2O8/c1-26-16(22)13-5-3-4-6-18(14(13)17(23)27-2)11-7-10(15(20)21)8-12(9-11)19(24)25/h3-9H,1-2H3,(H,20,21). The van der Waals surface area contributed by atoms with Crippen LogP contribution in [0, 0.1) is 10.1 Å². The fourth-order valence-electron chi connectivity index (χ4n) is 2.33. The molecule has 0 radical (unpaired) electrons. The molecule has 1 aliphatic rings. The first-order valence-corrected chi connectivity index (χ1v) is 7.38. The van der Waals surface area contributed by atoms with Gasteiger partial charge in [0.2, 0.25) is 0 Å². The molecular formula is C17H14N2O8. The number of non-ortho nitro benzene ring substituents is 1. The molecule has 0 amide bonds. The number of anilines is 1. The summed E-state index contributed by atoms with van der Waals surface area (Å²) in [5.74, 6) is -3.16. The van der Waals surface area contributed by atoms with E-state index in [0.29, 0.717) is 0 Å². The highest BCUT2D eigenvalue weighted by Crippen LogP contribution is 2.30. The number of carbonyl (C=O) groups is 3. The van der Waals surface area contributed by atoms with Crippen LogP contribution in [0.2, 0.25) is 0 Å². The summed E-state index contributed by atoms with van der Waals surface area (Å²) in [7, 11) is 2.22. The molecule has 140 valence electrons. The van der Waals surface area contributed by atoms with Gasteiger partial charge in [0.1, 0.15) is 5.70 Å². The predicted octanol–water partition coefficient (Wildman–Crippen LogP) is 1.78. The van der Waals surface area contributed by atoms with E-state index < -0.39 is 28.5 Å². The minimum Gasteiger partial charge on any atom is -0.478 e. The van der Waals surface area contributed by atoms with Crippen molar-refractivity contribution in [3.8, 4) is 0 Å². The highest BCUT2D eigenvalue weighted by atomic mass is 16.6. The van der Waals surface area contributed by atoms with Gasteiger partial charge in [0.05, 0.1) is 36.0 Å². The summed E-state index contributed by atoms with van der Waals surface area (Å²) in [6.45, 7) is 0. The van der Waals surface area contributed by atoms with Crippen LogP contribution in [0.25, 0.3) is 0 Å². The van der Waals surface area contributed by atoms with Gasteiger partial charge in [-0.05, 0) is 18.2 Å². The predicted molar refractivity (Wildman–Crippen MR) is 91.9 cm³/mol. The van der Waals surface area contributed by atoms with Crippen LogP contribution in [0.15, 0.2) is 53.9 Å². The number of ether oxygens (including phenoxy) is 2. The molecule has 1 aromatic rings. The van der Waals surface area contributed by atoms with E-state index in [0.717, 1.165) is 37.3 Å². The van der Waals surface area contributed by atoms with Crippen molar-refractivity contribution in [2.24, 2.45) is 0 Å². The van der Waals surface area contributed by atoms with Crippen LogP contribution in [-0.2, 0) is 19.1 Å². The molecule has 10 nitrogen and oxygen atoms in total. The van der Waals surface area contributed by atoms with E-state index in [-0.39, 0.29) is 22.5 Å². The van der Waals surface area contributed by atoms with Crippen molar-refractivity contribution in [2.45, 2.75) is 0 Å². The topological polar surface area (TPSA) is 136 Å². The molecule has 1 aromatic carbocycles. The van der Waals surface area contributed by atoms with E-state index >= 15 is 0 Å². The average Bonchev–Trinajstić information content (AvgIpc) is 2.89. The summed E-state index contributed by atoms with van der Waals surface area (Å²) in [5, 5.41) is 20.4. The number of carboxylic acids is 1. The molecule has 0 atom stereocenters. The molecule has 1 heterocycles. The molecule has 1 N–H and O–H groups in total. The van der Waals surface area contributed by atoms with Crippen molar-refractivity contribution in [1.29, 1.82) is 0 Å². The van der Waals surface area contributed by atoms with E-state index in [4.69, 9.17) is 4.74 Å². The molecule has 0 bridgehead atoms. The third kappa shape index (κ3) is 4.00. The number of nitro groups is 1. The summed E-state index contributed by atoms with van der Waals surface area (Å²) in [6.07, 6.45) is 5.55. The second-order valence-corrected chi connectivity index (χ2v) is 5.12. The number of carbonyl (C=O) groups excluding carboxylic acids is 2. The van der Waals surface area contributed by atoms with Crippen molar-refractivity contribution in [1.82, 2.24) is 0 Å². The molecule has 0 spiro atoms. The summed E-state index contributed by atoms with van der Waals surface area (Å²) < 4.78 is 9.38. The van der Waals surface area contributed by atoms with Crippen molar-refractivity contribution < 1.29 is 33.9 Å². The van der Waals surface area contributed by atoms with Crippen molar-refractivity contribution in [3.63, 3.8) is 0 Å². The van der Waals surface area contributed by atoms with Gasteiger partial charge in [-0.1, -0.05) is 6.08 Å². The zero-order valence-corrected chi connectivity index (χ0v) is 14.2. The Kier molecular flexibility index (Phi) is 5.71. The molecule has 10 heteroatoms. The second kappa shape index (κ2) is 7.95. The van der Waals surface area contributed by atoms with Gasteiger partial charge >= 0.3 is 17.9 Å². The number of nitrogens with zero attached hydrogens (tertiary/aromatic N) is 2. The van der Waals surface area contributed by atoms with Crippen LogP contribution < -0.4 is 4.90 Å². The van der Waals surface area contributed by atoms with Crippen LogP contribution >= 0.6 is 0 Å². The summed E-state index contributed by atoms with van der Waals surface area (Å²) in [4.78, 5) is 47.2. The van der Waals surface area contributed by atoms with Crippen LogP contribution in [0.3, 0.4) is 0 Å². The number of allylic oxidation sites excluding steroid dienone is 2. The highest BCUT2D eigenvalue weighted by Gasteiger charge is 2.29. The van der Waals surface area contributed by atoms with Crippen molar-refractivity contribution >= 4 is 29.3 Å². The highest BCUT2D eigenvalue weighted by molar-refractivity contribution is 6.05. The van der Waals surface area contributed by atoms with Crippen molar-refractivity contribution in [2.75, 3.05) is 19.1 Å². The summed E-state index contributed by atoms with van der Waals surface area (Å²) >= 11 is 0. The molecule has 2 rings (SSSR count). The fourth-order valence-corrected chi connectivity index (χ4v) is 2.33. The zero-order valence-electron chi connectivity index (χ0n) is 14.2. The fraction of sp³-hybridized carbons (Fsp3) is 0.118. The lowest BCUT2D eigenvalue weighted by atomic mass is 10.1. The Labute approximate surface area is 152 Å². The molecular weight excluding hydrogens is 360 g/mol. The summed E-state index contributed by atoms with van der Waals surface area (Å²) in [5.41, 5.74) is -1.35. The molecule has 0 aliphatic carbocycles. The van der Waals surface area contributed by atoms with Crippen LogP contribution in [0.1, 0.15) is 10.4 Å². The number of benzene rings is 1. The lowest BCUT2D eigenvalue weighted by Crippen LogP contribution is -2.27. The number of methoxy groups -OCH3 is 2. The lowest BCUT2D eigenvalue weighted by molar-refractivity contribution is -0.384. The normalized spacial score (nSPS) is 13.2.